The van der Waals surface area contributed by atoms with Crippen LogP contribution in [0.5, 0.6) is 0 Å². The van der Waals surface area contributed by atoms with Crippen LogP contribution in [0.3, 0.4) is 0 Å². The zero-order chi connectivity index (χ0) is 20.3. The highest BCUT2D eigenvalue weighted by molar-refractivity contribution is 5.91. The Bertz CT molecular complexity index is 950. The maximum absolute atomic E-state index is 12.3. The van der Waals surface area contributed by atoms with Crippen molar-refractivity contribution in [3.63, 3.8) is 0 Å². The van der Waals surface area contributed by atoms with Crippen LogP contribution in [0.4, 0.5) is 23.3 Å². The van der Waals surface area contributed by atoms with Crippen LogP contribution in [-0.2, 0) is 0 Å². The molecule has 0 spiro atoms. The van der Waals surface area contributed by atoms with E-state index < -0.39 is 11.9 Å². The highest BCUT2D eigenvalue weighted by Crippen LogP contribution is 2.04. The topological polar surface area (TPSA) is 177 Å². The van der Waals surface area contributed by atoms with Gasteiger partial charge in [0.25, 0.3) is 23.3 Å². The van der Waals surface area contributed by atoms with Gasteiger partial charge in [-0.15, -0.1) is 0 Å². The minimum absolute atomic E-state index is 0.107. The van der Waals surface area contributed by atoms with Gasteiger partial charge >= 0.3 is 11.9 Å². The predicted octanol–water partition coefficient (Wildman–Crippen LogP) is -1.48. The van der Waals surface area contributed by atoms with E-state index in [1.807, 2.05) is 0 Å². The molecule has 3 rings (SSSR count). The van der Waals surface area contributed by atoms with Gasteiger partial charge in [0.1, 0.15) is 0 Å². The zero-order valence-electron chi connectivity index (χ0n) is 14.5. The van der Waals surface area contributed by atoms with Crippen LogP contribution < -0.4 is 42.1 Å². The number of rotatable bonds is 4. The number of nitrogens with zero attached hydrogens (tertiary/aromatic N) is 3. The summed E-state index contributed by atoms with van der Waals surface area (Å²) in [5.74, 6) is -1.33. The van der Waals surface area contributed by atoms with Gasteiger partial charge in [-0.25, -0.2) is 14.6 Å². The molecule has 11 nitrogen and oxygen atoms in total. The second-order valence-electron chi connectivity index (χ2n) is 5.51. The molecular formula is C17H17N7O4+2. The smallest absolute Gasteiger partial charge is 0.316 e. The lowest BCUT2D eigenvalue weighted by Gasteiger charge is -2.07. The van der Waals surface area contributed by atoms with Crippen LogP contribution in [0, 0.1) is 0 Å². The minimum atomic E-state index is -0.879. The van der Waals surface area contributed by atoms with E-state index in [4.69, 9.17) is 32.6 Å². The summed E-state index contributed by atoms with van der Waals surface area (Å²) in [6.07, 6.45) is 0. The maximum atomic E-state index is 12.3. The van der Waals surface area contributed by atoms with Gasteiger partial charge in [0.05, 0.1) is 0 Å². The van der Waals surface area contributed by atoms with Crippen molar-refractivity contribution in [3.05, 3.63) is 66.0 Å². The van der Waals surface area contributed by atoms with Gasteiger partial charge in [-0.2, -0.15) is 0 Å². The predicted molar refractivity (Wildman–Crippen MR) is 97.0 cm³/mol. The summed E-state index contributed by atoms with van der Waals surface area (Å²) in [6, 6.07) is 13.3. The minimum Gasteiger partial charge on any atom is -0.316 e. The second-order valence-corrected chi connectivity index (χ2v) is 5.51. The molecule has 0 bridgehead atoms. The fourth-order valence-electron chi connectivity index (χ4n) is 2.19. The monoisotopic (exact) mass is 383 g/mol. The molecule has 0 atom stereocenters. The fourth-order valence-corrected chi connectivity index (χ4v) is 2.19. The average Bonchev–Trinajstić information content (AvgIpc) is 2.67. The Balaban J connectivity index is 1.82. The van der Waals surface area contributed by atoms with E-state index in [2.05, 4.69) is 4.98 Å². The highest BCUT2D eigenvalue weighted by Gasteiger charge is 2.21. The largest absolute Gasteiger partial charge is 0.399 e. The molecule has 0 fully saturated rings. The van der Waals surface area contributed by atoms with E-state index in [-0.39, 0.29) is 34.7 Å². The molecule has 3 heterocycles. The van der Waals surface area contributed by atoms with Crippen LogP contribution in [0.15, 0.2) is 54.6 Å². The number of hydrogen-bond acceptors (Lipinski definition) is 9. The third-order valence-electron chi connectivity index (χ3n) is 3.52. The summed E-state index contributed by atoms with van der Waals surface area (Å²) in [5, 5.41) is 0. The van der Waals surface area contributed by atoms with Gasteiger partial charge in [0.2, 0.25) is 0 Å². The maximum Gasteiger partial charge on any atom is 0.399 e. The van der Waals surface area contributed by atoms with Crippen LogP contribution in [0.25, 0.3) is 0 Å². The van der Waals surface area contributed by atoms with Crippen molar-refractivity contribution in [2.45, 2.75) is 0 Å². The van der Waals surface area contributed by atoms with Crippen LogP contribution >= 0.6 is 0 Å². The SMILES string of the molecule is Nc1cccc(N)[n+]1OC(=O)c1cccc(C(=O)O[n+]2c(N)cccc2N)n1. The number of pyridine rings is 3. The molecule has 142 valence electrons. The summed E-state index contributed by atoms with van der Waals surface area (Å²) < 4.78 is 1.88. The lowest BCUT2D eigenvalue weighted by Crippen LogP contribution is -2.50. The Hall–Kier alpha value is -4.41. The molecule has 0 saturated heterocycles. The van der Waals surface area contributed by atoms with E-state index in [1.165, 1.54) is 42.5 Å². The first-order chi connectivity index (χ1) is 13.4. The summed E-state index contributed by atoms with van der Waals surface area (Å²) in [6.45, 7) is 0. The van der Waals surface area contributed by atoms with Crippen LogP contribution in [-0.4, -0.2) is 16.9 Å². The summed E-state index contributed by atoms with van der Waals surface area (Å²) in [5.41, 5.74) is 22.6. The Morgan fingerprint density at radius 1 is 0.643 bits per heavy atom. The highest BCUT2D eigenvalue weighted by atomic mass is 16.7. The Kier molecular flexibility index (Phi) is 4.89. The third kappa shape index (κ3) is 3.72. The molecule has 0 amide bonds. The lowest BCUT2D eigenvalue weighted by molar-refractivity contribution is -0.844. The van der Waals surface area contributed by atoms with Crippen molar-refractivity contribution < 1.29 is 28.7 Å². The van der Waals surface area contributed by atoms with Crippen molar-refractivity contribution in [2.24, 2.45) is 0 Å². The van der Waals surface area contributed by atoms with Crippen molar-refractivity contribution in [3.8, 4) is 0 Å². The number of anilines is 4. The molecule has 0 saturated carbocycles. The first kappa shape index (κ1) is 18.4. The number of carbonyl (C=O) groups is 2. The zero-order valence-corrected chi connectivity index (χ0v) is 14.5. The first-order valence-electron chi connectivity index (χ1n) is 7.91. The third-order valence-corrected chi connectivity index (χ3v) is 3.52. The van der Waals surface area contributed by atoms with Gasteiger partial charge in [-0.05, 0) is 33.7 Å². The van der Waals surface area contributed by atoms with E-state index in [1.54, 1.807) is 12.1 Å². The van der Waals surface area contributed by atoms with Crippen molar-refractivity contribution in [1.82, 2.24) is 4.98 Å². The molecule has 0 aliphatic carbocycles. The van der Waals surface area contributed by atoms with Gasteiger partial charge in [-0.1, -0.05) is 6.07 Å². The Morgan fingerprint density at radius 2 is 0.964 bits per heavy atom. The summed E-state index contributed by atoms with van der Waals surface area (Å²) in [4.78, 5) is 38.9. The number of aromatic nitrogens is 3. The van der Waals surface area contributed by atoms with E-state index in [0.717, 1.165) is 9.46 Å². The van der Waals surface area contributed by atoms with Crippen molar-refractivity contribution in [2.75, 3.05) is 22.9 Å². The van der Waals surface area contributed by atoms with E-state index >= 15 is 0 Å². The molecule has 0 radical (unpaired) electrons. The van der Waals surface area contributed by atoms with Gasteiger partial charge in [-0.3, -0.25) is 9.68 Å². The molecule has 3 aromatic heterocycles. The van der Waals surface area contributed by atoms with Gasteiger partial charge in [0.15, 0.2) is 11.4 Å². The lowest BCUT2D eigenvalue weighted by atomic mass is 10.3. The Labute approximate surface area is 158 Å². The molecule has 11 heteroatoms. The number of nitrogen functional groups attached to an aromatic ring is 4. The molecule has 0 unspecified atom stereocenters. The van der Waals surface area contributed by atoms with Gasteiger partial charge in [0, 0.05) is 24.3 Å². The molecule has 3 aromatic rings. The van der Waals surface area contributed by atoms with Crippen LogP contribution in [0.1, 0.15) is 21.0 Å². The quantitative estimate of drug-likeness (QED) is 0.391. The Morgan fingerprint density at radius 3 is 1.32 bits per heavy atom. The summed E-state index contributed by atoms with van der Waals surface area (Å²) in [7, 11) is 0. The average molecular weight is 383 g/mol. The molecule has 28 heavy (non-hydrogen) atoms. The fraction of sp³-hybridized carbons (Fsp3) is 0. The van der Waals surface area contributed by atoms with E-state index in [0.29, 0.717) is 0 Å². The molecule has 0 aliphatic rings. The standard InChI is InChI=1S/C17H15N7O4/c18-12-6-2-7-13(19)23(12)27-16(25)10-4-1-5-11(22-10)17(26)28-24-14(20)8-3-9-15(24)21/h1-9H,(H6,18,19,20,21)/p+2. The number of hydrogen-bond donors (Lipinski definition) is 4. The number of carbonyl (C=O) groups excluding carboxylic acids is 2. The molecular weight excluding hydrogens is 366 g/mol. The first-order valence-corrected chi connectivity index (χ1v) is 7.91. The number of nitrogens with two attached hydrogens (primary N) is 4. The van der Waals surface area contributed by atoms with Gasteiger partial charge < -0.3 is 22.9 Å². The van der Waals surface area contributed by atoms with Crippen molar-refractivity contribution in [1.29, 1.82) is 0 Å². The van der Waals surface area contributed by atoms with Crippen molar-refractivity contribution >= 4 is 35.2 Å². The molecule has 0 aromatic carbocycles. The normalized spacial score (nSPS) is 10.3. The van der Waals surface area contributed by atoms with E-state index in [9.17, 15) is 9.59 Å². The van der Waals surface area contributed by atoms with Crippen LogP contribution in [0.2, 0.25) is 0 Å². The molecule has 0 aliphatic heterocycles. The molecule has 8 N–H and O–H groups in total. The second kappa shape index (κ2) is 7.45. The summed E-state index contributed by atoms with van der Waals surface area (Å²) >= 11 is 0.